The minimum absolute atomic E-state index is 0.521. The minimum atomic E-state index is -3.36. The predicted octanol–water partition coefficient (Wildman–Crippen LogP) is 2.61. The molecule has 0 saturated carbocycles. The van der Waals surface area contributed by atoms with E-state index in [1.807, 2.05) is 18.2 Å². The first-order valence-corrected chi connectivity index (χ1v) is 6.98. The summed E-state index contributed by atoms with van der Waals surface area (Å²) in [4.78, 5) is 3.83. The molecule has 0 bridgehead atoms. The van der Waals surface area contributed by atoms with E-state index >= 15 is 0 Å². The fraction of sp³-hybridized carbons (Fsp3) is 0.571. The topological polar surface area (TPSA) is 15.7 Å². The fourth-order valence-corrected chi connectivity index (χ4v) is 2.71. The lowest BCUT2D eigenvalue weighted by Crippen LogP contribution is -2.54. The van der Waals surface area contributed by atoms with Crippen LogP contribution in [0.25, 0.3) is 0 Å². The first kappa shape index (κ1) is 15.6. The lowest BCUT2D eigenvalue weighted by atomic mass is 10.2. The van der Waals surface area contributed by atoms with Crippen LogP contribution in [0.3, 0.4) is 0 Å². The van der Waals surface area contributed by atoms with Gasteiger partial charge >= 0.3 is 5.38 Å². The molecule has 1 saturated heterocycles. The van der Waals surface area contributed by atoms with Crippen LogP contribution in [0.15, 0.2) is 30.3 Å². The molecule has 20 heavy (non-hydrogen) atoms. The fourth-order valence-electron chi connectivity index (χ4n) is 2.49. The zero-order chi connectivity index (χ0) is 14.6. The second kappa shape index (κ2) is 6.80. The Morgan fingerprint density at radius 3 is 2.30 bits per heavy atom. The van der Waals surface area contributed by atoms with Gasteiger partial charge in [0.2, 0.25) is 0 Å². The van der Waals surface area contributed by atoms with Gasteiger partial charge in [-0.3, -0.25) is 9.80 Å². The van der Waals surface area contributed by atoms with Gasteiger partial charge in [-0.2, -0.15) is 8.78 Å². The highest BCUT2D eigenvalue weighted by atomic mass is 35.5. The van der Waals surface area contributed by atoms with E-state index in [2.05, 4.69) is 17.0 Å². The van der Waals surface area contributed by atoms with E-state index < -0.39 is 11.6 Å². The SMILES string of the molecule is COC(N1CCN(Cc2ccccc2)CC1)C(F)(F)Cl. The van der Waals surface area contributed by atoms with Gasteiger partial charge in [-0.15, -0.1) is 0 Å². The number of halogens is 3. The van der Waals surface area contributed by atoms with Crippen LogP contribution in [-0.4, -0.2) is 54.7 Å². The molecule has 112 valence electrons. The zero-order valence-electron chi connectivity index (χ0n) is 11.4. The van der Waals surface area contributed by atoms with Crippen molar-refractivity contribution >= 4 is 11.6 Å². The van der Waals surface area contributed by atoms with E-state index in [0.29, 0.717) is 13.1 Å². The Labute approximate surface area is 123 Å². The summed E-state index contributed by atoms with van der Waals surface area (Å²) in [6.45, 7) is 3.33. The standard InChI is InChI=1S/C14H19ClF2N2O/c1-20-13(14(15,16)17)19-9-7-18(8-10-19)11-12-5-3-2-4-6-12/h2-6,13H,7-11H2,1H3. The maximum absolute atomic E-state index is 13.2. The minimum Gasteiger partial charge on any atom is -0.359 e. The highest BCUT2D eigenvalue weighted by molar-refractivity contribution is 6.22. The molecular formula is C14H19ClF2N2O. The predicted molar refractivity (Wildman–Crippen MR) is 74.9 cm³/mol. The largest absolute Gasteiger partial charge is 0.360 e. The quantitative estimate of drug-likeness (QED) is 0.778. The Kier molecular flexibility index (Phi) is 5.32. The first-order valence-electron chi connectivity index (χ1n) is 6.60. The van der Waals surface area contributed by atoms with Crippen LogP contribution in [0.5, 0.6) is 0 Å². The van der Waals surface area contributed by atoms with Gasteiger partial charge in [-0.1, -0.05) is 30.3 Å². The van der Waals surface area contributed by atoms with E-state index in [9.17, 15) is 8.78 Å². The highest BCUT2D eigenvalue weighted by Crippen LogP contribution is 2.28. The number of rotatable bonds is 5. The number of methoxy groups -OCH3 is 1. The van der Waals surface area contributed by atoms with Crippen molar-refractivity contribution in [3.63, 3.8) is 0 Å². The van der Waals surface area contributed by atoms with Crippen molar-refractivity contribution in [3.8, 4) is 0 Å². The van der Waals surface area contributed by atoms with Gasteiger partial charge in [0.25, 0.3) is 0 Å². The van der Waals surface area contributed by atoms with E-state index in [-0.39, 0.29) is 0 Å². The second-order valence-corrected chi connectivity index (χ2v) is 5.43. The van der Waals surface area contributed by atoms with E-state index in [0.717, 1.165) is 19.6 Å². The molecule has 0 radical (unpaired) electrons. The van der Waals surface area contributed by atoms with Crippen molar-refractivity contribution in [3.05, 3.63) is 35.9 Å². The lowest BCUT2D eigenvalue weighted by Gasteiger charge is -2.39. The van der Waals surface area contributed by atoms with Crippen LogP contribution in [-0.2, 0) is 11.3 Å². The molecule has 6 heteroatoms. The Morgan fingerprint density at radius 1 is 1.20 bits per heavy atom. The summed E-state index contributed by atoms with van der Waals surface area (Å²) in [5, 5.41) is -3.36. The molecule has 1 aromatic carbocycles. The number of ether oxygens (including phenoxy) is 1. The molecular weight excluding hydrogens is 286 g/mol. The Bertz CT molecular complexity index is 405. The molecule has 1 unspecified atom stereocenters. The molecule has 1 aromatic rings. The summed E-state index contributed by atoms with van der Waals surface area (Å²) in [5.74, 6) is 0. The van der Waals surface area contributed by atoms with E-state index in [4.69, 9.17) is 16.3 Å². The van der Waals surface area contributed by atoms with Crippen molar-refractivity contribution in [2.24, 2.45) is 0 Å². The number of alkyl halides is 3. The van der Waals surface area contributed by atoms with Crippen LogP contribution < -0.4 is 0 Å². The molecule has 1 atom stereocenters. The number of benzene rings is 1. The summed E-state index contributed by atoms with van der Waals surface area (Å²) < 4.78 is 31.2. The maximum atomic E-state index is 13.2. The highest BCUT2D eigenvalue weighted by Gasteiger charge is 2.42. The summed E-state index contributed by atoms with van der Waals surface area (Å²) in [7, 11) is 1.26. The summed E-state index contributed by atoms with van der Waals surface area (Å²) in [6, 6.07) is 10.1. The van der Waals surface area contributed by atoms with Crippen LogP contribution >= 0.6 is 11.6 Å². The second-order valence-electron chi connectivity index (χ2n) is 4.93. The van der Waals surface area contributed by atoms with Crippen LogP contribution in [0.2, 0.25) is 0 Å². The van der Waals surface area contributed by atoms with Crippen molar-refractivity contribution in [1.29, 1.82) is 0 Å². The maximum Gasteiger partial charge on any atom is 0.360 e. The number of piperazine rings is 1. The Morgan fingerprint density at radius 2 is 1.80 bits per heavy atom. The third-order valence-corrected chi connectivity index (χ3v) is 3.68. The zero-order valence-corrected chi connectivity index (χ0v) is 12.2. The normalized spacial score (nSPS) is 20.0. The summed E-state index contributed by atoms with van der Waals surface area (Å²) in [6.07, 6.45) is -1.36. The van der Waals surface area contributed by atoms with Crippen molar-refractivity contribution in [2.45, 2.75) is 18.2 Å². The van der Waals surface area contributed by atoms with Crippen LogP contribution in [0, 0.1) is 0 Å². The Balaban J connectivity index is 1.86. The van der Waals surface area contributed by atoms with Crippen molar-refractivity contribution in [2.75, 3.05) is 33.3 Å². The molecule has 0 aromatic heterocycles. The molecule has 0 spiro atoms. The first-order chi connectivity index (χ1) is 9.50. The summed E-state index contributed by atoms with van der Waals surface area (Å²) in [5.41, 5.74) is 1.23. The molecule has 0 aliphatic carbocycles. The van der Waals surface area contributed by atoms with Gasteiger partial charge in [0, 0.05) is 39.8 Å². The lowest BCUT2D eigenvalue weighted by molar-refractivity contribution is -0.154. The summed E-state index contributed by atoms with van der Waals surface area (Å²) >= 11 is 5.09. The molecule has 1 heterocycles. The van der Waals surface area contributed by atoms with Crippen LogP contribution in [0.4, 0.5) is 8.78 Å². The van der Waals surface area contributed by atoms with E-state index in [1.54, 1.807) is 4.90 Å². The Hall–Kier alpha value is -0.750. The number of hydrogen-bond acceptors (Lipinski definition) is 3. The van der Waals surface area contributed by atoms with Gasteiger partial charge in [0.15, 0.2) is 6.23 Å². The van der Waals surface area contributed by atoms with Gasteiger partial charge in [0.05, 0.1) is 0 Å². The average Bonchev–Trinajstić information content (AvgIpc) is 2.41. The third kappa shape index (κ3) is 4.12. The van der Waals surface area contributed by atoms with E-state index in [1.165, 1.54) is 12.7 Å². The van der Waals surface area contributed by atoms with Gasteiger partial charge in [-0.05, 0) is 17.2 Å². The smallest absolute Gasteiger partial charge is 0.359 e. The third-order valence-electron chi connectivity index (χ3n) is 3.49. The van der Waals surface area contributed by atoms with Crippen LogP contribution in [0.1, 0.15) is 5.56 Å². The van der Waals surface area contributed by atoms with Gasteiger partial charge in [-0.25, -0.2) is 0 Å². The molecule has 1 fully saturated rings. The van der Waals surface area contributed by atoms with Gasteiger partial charge in [0.1, 0.15) is 0 Å². The number of nitrogens with zero attached hydrogens (tertiary/aromatic N) is 2. The molecule has 0 N–H and O–H groups in total. The van der Waals surface area contributed by atoms with Gasteiger partial charge < -0.3 is 4.74 Å². The number of hydrogen-bond donors (Lipinski definition) is 0. The molecule has 2 rings (SSSR count). The average molecular weight is 305 g/mol. The van der Waals surface area contributed by atoms with Crippen molar-refractivity contribution in [1.82, 2.24) is 9.80 Å². The molecule has 3 nitrogen and oxygen atoms in total. The molecule has 1 aliphatic rings. The van der Waals surface area contributed by atoms with Crippen molar-refractivity contribution < 1.29 is 13.5 Å². The monoisotopic (exact) mass is 304 g/mol. The molecule has 1 aliphatic heterocycles. The molecule has 0 amide bonds.